The van der Waals surface area contributed by atoms with Gasteiger partial charge in [-0.1, -0.05) is 43.8 Å². The summed E-state index contributed by atoms with van der Waals surface area (Å²) in [5.41, 5.74) is 2.44. The van der Waals surface area contributed by atoms with E-state index in [1.807, 2.05) is 24.3 Å². The number of hydrogen-bond donors (Lipinski definition) is 1. The summed E-state index contributed by atoms with van der Waals surface area (Å²) in [5, 5.41) is 11.2. The molecular formula is C21H22F3N5O2S. The van der Waals surface area contributed by atoms with Crippen molar-refractivity contribution in [2.75, 3.05) is 12.4 Å². The van der Waals surface area contributed by atoms with Gasteiger partial charge in [-0.2, -0.15) is 13.2 Å². The summed E-state index contributed by atoms with van der Waals surface area (Å²) in [5.74, 6) is -0.00343. The maximum absolute atomic E-state index is 12.4. The number of carbonyl (C=O) groups is 1. The van der Waals surface area contributed by atoms with E-state index < -0.39 is 12.8 Å². The molecule has 0 aliphatic rings. The topological polar surface area (TPSA) is 81.9 Å². The first-order valence-electron chi connectivity index (χ1n) is 9.76. The molecule has 0 bridgehead atoms. The number of hydrogen-bond acceptors (Lipinski definition) is 6. The zero-order chi connectivity index (χ0) is 23.1. The molecule has 11 heteroatoms. The lowest BCUT2D eigenvalue weighted by Gasteiger charge is -2.12. The SMILES string of the molecule is CC(C)c1ccc(-n2cnnc2SCC(=O)NCc2cccnc2OCC(F)(F)F)cc1. The molecule has 0 spiro atoms. The number of carbonyl (C=O) groups excluding carboxylic acids is 1. The number of nitrogens with one attached hydrogen (secondary N) is 1. The van der Waals surface area contributed by atoms with E-state index in [0.717, 1.165) is 5.69 Å². The van der Waals surface area contributed by atoms with E-state index in [4.69, 9.17) is 4.74 Å². The summed E-state index contributed by atoms with van der Waals surface area (Å²) >= 11 is 1.20. The fourth-order valence-electron chi connectivity index (χ4n) is 2.73. The first-order chi connectivity index (χ1) is 15.2. The van der Waals surface area contributed by atoms with Crippen LogP contribution in [0.25, 0.3) is 5.69 Å². The van der Waals surface area contributed by atoms with Gasteiger partial charge in [0.1, 0.15) is 6.33 Å². The normalized spacial score (nSPS) is 11.6. The van der Waals surface area contributed by atoms with Crippen molar-refractivity contribution in [2.45, 2.75) is 37.6 Å². The Morgan fingerprint density at radius 3 is 2.66 bits per heavy atom. The van der Waals surface area contributed by atoms with E-state index in [2.05, 4.69) is 34.3 Å². The minimum absolute atomic E-state index is 0.0101. The standard InChI is InChI=1S/C21H22F3N5O2S/c1-14(2)15-5-7-17(8-6-15)29-13-27-28-20(29)32-11-18(30)26-10-16-4-3-9-25-19(16)31-12-21(22,23)24/h3-9,13-14H,10-12H2,1-2H3,(H,26,30). The largest absolute Gasteiger partial charge is 0.468 e. The van der Waals surface area contributed by atoms with E-state index in [9.17, 15) is 18.0 Å². The summed E-state index contributed by atoms with van der Waals surface area (Å²) in [6.45, 7) is 2.77. The highest BCUT2D eigenvalue weighted by molar-refractivity contribution is 7.99. The third-order valence-corrected chi connectivity index (χ3v) is 5.33. The molecule has 0 saturated carbocycles. The summed E-state index contributed by atoms with van der Waals surface area (Å²) in [6.07, 6.45) is -1.57. The quantitative estimate of drug-likeness (QED) is 0.479. The maximum Gasteiger partial charge on any atom is 0.422 e. The number of thioether (sulfide) groups is 1. The van der Waals surface area contributed by atoms with Crippen LogP contribution in [-0.2, 0) is 11.3 Å². The van der Waals surface area contributed by atoms with Crippen molar-refractivity contribution < 1.29 is 22.7 Å². The second-order valence-corrected chi connectivity index (χ2v) is 8.11. The van der Waals surface area contributed by atoms with Crippen LogP contribution in [0, 0.1) is 0 Å². The molecule has 32 heavy (non-hydrogen) atoms. The lowest BCUT2D eigenvalue weighted by molar-refractivity contribution is -0.154. The lowest BCUT2D eigenvalue weighted by Crippen LogP contribution is -2.26. The number of benzene rings is 1. The number of amides is 1. The van der Waals surface area contributed by atoms with Crippen LogP contribution in [0.3, 0.4) is 0 Å². The number of alkyl halides is 3. The zero-order valence-corrected chi connectivity index (χ0v) is 18.3. The third-order valence-electron chi connectivity index (χ3n) is 4.39. The fourth-order valence-corrected chi connectivity index (χ4v) is 3.49. The van der Waals surface area contributed by atoms with E-state index in [1.54, 1.807) is 23.0 Å². The van der Waals surface area contributed by atoms with Crippen molar-refractivity contribution in [3.63, 3.8) is 0 Å². The molecule has 0 aliphatic carbocycles. The molecule has 2 heterocycles. The van der Waals surface area contributed by atoms with Gasteiger partial charge in [0.2, 0.25) is 11.8 Å². The molecule has 1 amide bonds. The van der Waals surface area contributed by atoms with Gasteiger partial charge in [-0.3, -0.25) is 9.36 Å². The van der Waals surface area contributed by atoms with Gasteiger partial charge in [0.25, 0.3) is 0 Å². The van der Waals surface area contributed by atoms with E-state index in [1.165, 1.54) is 23.5 Å². The highest BCUT2D eigenvalue weighted by atomic mass is 32.2. The van der Waals surface area contributed by atoms with Crippen LogP contribution in [0.2, 0.25) is 0 Å². The molecular weight excluding hydrogens is 443 g/mol. The van der Waals surface area contributed by atoms with Crippen molar-refractivity contribution in [2.24, 2.45) is 0 Å². The van der Waals surface area contributed by atoms with Gasteiger partial charge < -0.3 is 10.1 Å². The van der Waals surface area contributed by atoms with Crippen molar-refractivity contribution in [1.82, 2.24) is 25.1 Å². The molecule has 0 unspecified atom stereocenters. The van der Waals surface area contributed by atoms with Gasteiger partial charge in [0.05, 0.1) is 5.75 Å². The predicted octanol–water partition coefficient (Wildman–Crippen LogP) is 4.14. The zero-order valence-electron chi connectivity index (χ0n) is 17.5. The van der Waals surface area contributed by atoms with E-state index >= 15 is 0 Å². The molecule has 170 valence electrons. The second kappa shape index (κ2) is 10.5. The fraction of sp³-hybridized carbons (Fsp3) is 0.333. The Hall–Kier alpha value is -3.08. The van der Waals surface area contributed by atoms with E-state index in [-0.39, 0.29) is 24.1 Å². The highest BCUT2D eigenvalue weighted by Crippen LogP contribution is 2.22. The monoisotopic (exact) mass is 465 g/mol. The molecule has 3 rings (SSSR count). The smallest absolute Gasteiger partial charge is 0.422 e. The van der Waals surface area contributed by atoms with Crippen LogP contribution >= 0.6 is 11.8 Å². The first kappa shape index (κ1) is 23.6. The van der Waals surface area contributed by atoms with Gasteiger partial charge in [0.15, 0.2) is 11.8 Å². The Bertz CT molecular complexity index is 1040. The molecule has 1 N–H and O–H groups in total. The molecule has 7 nitrogen and oxygen atoms in total. The first-order valence-corrected chi connectivity index (χ1v) is 10.7. The van der Waals surface area contributed by atoms with Crippen molar-refractivity contribution in [3.8, 4) is 11.6 Å². The van der Waals surface area contributed by atoms with Gasteiger partial charge in [-0.25, -0.2) is 4.98 Å². The van der Waals surface area contributed by atoms with Crippen LogP contribution in [0.4, 0.5) is 13.2 Å². The Morgan fingerprint density at radius 2 is 1.97 bits per heavy atom. The number of ether oxygens (including phenoxy) is 1. The Morgan fingerprint density at radius 1 is 1.22 bits per heavy atom. The average Bonchev–Trinajstić information content (AvgIpc) is 3.23. The number of aromatic nitrogens is 4. The lowest BCUT2D eigenvalue weighted by atomic mass is 10.0. The number of rotatable bonds is 9. The molecule has 1 aromatic carbocycles. The van der Waals surface area contributed by atoms with Gasteiger partial charge >= 0.3 is 6.18 Å². The number of nitrogens with zero attached hydrogens (tertiary/aromatic N) is 4. The second-order valence-electron chi connectivity index (χ2n) is 7.17. The summed E-state index contributed by atoms with van der Waals surface area (Å²) in [4.78, 5) is 16.1. The third kappa shape index (κ3) is 6.71. The average molecular weight is 466 g/mol. The van der Waals surface area contributed by atoms with Crippen LogP contribution < -0.4 is 10.1 Å². The molecule has 0 fully saturated rings. The Kier molecular flexibility index (Phi) is 7.73. The molecule has 0 radical (unpaired) electrons. The molecule has 2 aromatic heterocycles. The predicted molar refractivity (Wildman–Crippen MR) is 114 cm³/mol. The van der Waals surface area contributed by atoms with Crippen molar-refractivity contribution in [1.29, 1.82) is 0 Å². The van der Waals surface area contributed by atoms with Crippen LogP contribution in [0.1, 0.15) is 30.9 Å². The van der Waals surface area contributed by atoms with Crippen LogP contribution in [-0.4, -0.2) is 44.2 Å². The Balaban J connectivity index is 1.55. The minimum Gasteiger partial charge on any atom is -0.468 e. The highest BCUT2D eigenvalue weighted by Gasteiger charge is 2.29. The summed E-state index contributed by atoms with van der Waals surface area (Å²) in [7, 11) is 0. The maximum atomic E-state index is 12.4. The molecule has 0 aliphatic heterocycles. The number of pyridine rings is 1. The van der Waals surface area contributed by atoms with Gasteiger partial charge in [-0.15, -0.1) is 10.2 Å². The molecule has 0 atom stereocenters. The molecule has 3 aromatic rings. The van der Waals surface area contributed by atoms with Gasteiger partial charge in [0, 0.05) is 24.0 Å². The van der Waals surface area contributed by atoms with Crippen molar-refractivity contribution >= 4 is 17.7 Å². The minimum atomic E-state index is -4.47. The van der Waals surface area contributed by atoms with Crippen LogP contribution in [0.5, 0.6) is 5.88 Å². The summed E-state index contributed by atoms with van der Waals surface area (Å²) < 4.78 is 43.7. The summed E-state index contributed by atoms with van der Waals surface area (Å²) in [6, 6.07) is 11.1. The van der Waals surface area contributed by atoms with Crippen molar-refractivity contribution in [3.05, 3.63) is 60.0 Å². The number of halogens is 3. The Labute approximate surface area is 187 Å². The van der Waals surface area contributed by atoms with E-state index in [0.29, 0.717) is 16.6 Å². The van der Waals surface area contributed by atoms with Crippen LogP contribution in [0.15, 0.2) is 54.1 Å². The molecule has 0 saturated heterocycles. The van der Waals surface area contributed by atoms with Gasteiger partial charge in [-0.05, 0) is 29.7 Å².